The molecule has 0 atom stereocenters. The molecule has 22 heavy (non-hydrogen) atoms. The minimum Gasteiger partial charge on any atom is -0.497 e. The van der Waals surface area contributed by atoms with Gasteiger partial charge in [0.15, 0.2) is 6.61 Å². The fourth-order valence-electron chi connectivity index (χ4n) is 1.89. The number of rotatable bonds is 9. The normalized spacial score (nSPS) is 10.8. The minimum absolute atomic E-state index is 0.112. The van der Waals surface area contributed by atoms with Gasteiger partial charge in [-0.25, -0.2) is 0 Å². The van der Waals surface area contributed by atoms with Gasteiger partial charge >= 0.3 is 0 Å². The molecule has 0 radical (unpaired) electrons. The second kappa shape index (κ2) is 9.65. The van der Waals surface area contributed by atoms with Crippen molar-refractivity contribution in [1.29, 1.82) is 0 Å². The maximum absolute atomic E-state index is 11.7. The largest absolute Gasteiger partial charge is 0.497 e. The molecular formula is C16H24N2O4. The molecule has 0 aliphatic heterocycles. The van der Waals surface area contributed by atoms with Crippen molar-refractivity contribution in [3.8, 4) is 11.5 Å². The molecule has 0 aromatic heterocycles. The lowest BCUT2D eigenvalue weighted by molar-refractivity contribution is -0.126. The Kier molecular flexibility index (Phi) is 7.81. The zero-order valence-electron chi connectivity index (χ0n) is 13.6. The summed E-state index contributed by atoms with van der Waals surface area (Å²) in [6, 6.07) is 5.52. The summed E-state index contributed by atoms with van der Waals surface area (Å²) in [6.45, 7) is 3.95. The lowest BCUT2D eigenvalue weighted by Gasteiger charge is -2.13. The van der Waals surface area contributed by atoms with E-state index in [-0.39, 0.29) is 18.6 Å². The van der Waals surface area contributed by atoms with Crippen LogP contribution in [0.5, 0.6) is 11.5 Å². The molecule has 6 nitrogen and oxygen atoms in total. The number of nitrogens with one attached hydrogen (secondary N) is 1. The topological polar surface area (TPSA) is 69.2 Å². The van der Waals surface area contributed by atoms with Crippen LogP contribution in [0, 0.1) is 0 Å². The molecule has 0 bridgehead atoms. The predicted molar refractivity (Wildman–Crippen MR) is 85.6 cm³/mol. The number of ether oxygens (including phenoxy) is 2. The summed E-state index contributed by atoms with van der Waals surface area (Å²) in [5.74, 6) is 1.16. The Morgan fingerprint density at radius 3 is 2.59 bits per heavy atom. The van der Waals surface area contributed by atoms with E-state index in [4.69, 9.17) is 14.3 Å². The number of carbonyl (C=O) groups excluding carboxylic acids is 1. The summed E-state index contributed by atoms with van der Waals surface area (Å²) >= 11 is 0. The maximum atomic E-state index is 11.7. The van der Waals surface area contributed by atoms with Crippen LogP contribution in [0.1, 0.15) is 32.3 Å². The van der Waals surface area contributed by atoms with Gasteiger partial charge in [0.25, 0.3) is 5.91 Å². The van der Waals surface area contributed by atoms with Crippen molar-refractivity contribution >= 4 is 12.1 Å². The Labute approximate surface area is 131 Å². The highest BCUT2D eigenvalue weighted by molar-refractivity contribution is 5.84. The average molecular weight is 308 g/mol. The summed E-state index contributed by atoms with van der Waals surface area (Å²) in [7, 11) is 3.16. The van der Waals surface area contributed by atoms with Gasteiger partial charge in [0.2, 0.25) is 0 Å². The third-order valence-corrected chi connectivity index (χ3v) is 3.25. The molecule has 1 amide bonds. The number of oxime groups is 1. The Morgan fingerprint density at radius 1 is 1.27 bits per heavy atom. The van der Waals surface area contributed by atoms with Gasteiger partial charge in [0.1, 0.15) is 11.5 Å². The van der Waals surface area contributed by atoms with Crippen molar-refractivity contribution in [1.82, 2.24) is 5.32 Å². The first-order valence-electron chi connectivity index (χ1n) is 7.31. The molecule has 0 heterocycles. The molecule has 6 heteroatoms. The third-order valence-electron chi connectivity index (χ3n) is 3.25. The summed E-state index contributed by atoms with van der Waals surface area (Å²) in [5, 5.41) is 6.68. The number of hydrogen-bond donors (Lipinski definition) is 1. The number of benzene rings is 1. The molecule has 0 aliphatic carbocycles. The number of hydrogen-bond acceptors (Lipinski definition) is 5. The summed E-state index contributed by atoms with van der Waals surface area (Å²) in [4.78, 5) is 16.7. The van der Waals surface area contributed by atoms with E-state index in [1.54, 1.807) is 32.4 Å². The highest BCUT2D eigenvalue weighted by atomic mass is 16.6. The molecule has 0 spiro atoms. The molecule has 0 aliphatic rings. The van der Waals surface area contributed by atoms with Crippen molar-refractivity contribution < 1.29 is 19.1 Å². The number of methoxy groups -OCH3 is 2. The van der Waals surface area contributed by atoms with Crippen molar-refractivity contribution in [3.63, 3.8) is 0 Å². The van der Waals surface area contributed by atoms with Crippen LogP contribution < -0.4 is 14.8 Å². The van der Waals surface area contributed by atoms with E-state index in [1.165, 1.54) is 6.21 Å². The molecule has 1 N–H and O–H groups in total. The van der Waals surface area contributed by atoms with Crippen LogP contribution in [0.3, 0.4) is 0 Å². The Bertz CT molecular complexity index is 499. The summed E-state index contributed by atoms with van der Waals surface area (Å²) in [6.07, 6.45) is 3.28. The van der Waals surface area contributed by atoms with E-state index in [2.05, 4.69) is 10.5 Å². The van der Waals surface area contributed by atoms with E-state index < -0.39 is 0 Å². The lowest BCUT2D eigenvalue weighted by Crippen LogP contribution is -2.36. The van der Waals surface area contributed by atoms with Gasteiger partial charge in [-0.05, 0) is 31.0 Å². The zero-order valence-corrected chi connectivity index (χ0v) is 13.6. The first-order valence-corrected chi connectivity index (χ1v) is 7.31. The van der Waals surface area contributed by atoms with E-state index >= 15 is 0 Å². The van der Waals surface area contributed by atoms with E-state index in [0.717, 1.165) is 12.8 Å². The standard InChI is InChI=1S/C16H24N2O4/c1-5-13(6-2)18-16(19)11-22-17-10-12-9-14(20-3)7-8-15(12)21-4/h7-10,13H,5-6,11H2,1-4H3,(H,18,19)/b17-10-. The fraction of sp³-hybridized carbons (Fsp3) is 0.500. The molecule has 0 saturated heterocycles. The molecular weight excluding hydrogens is 284 g/mol. The van der Waals surface area contributed by atoms with Crippen LogP contribution in [0.2, 0.25) is 0 Å². The van der Waals surface area contributed by atoms with Gasteiger partial charge in [0.05, 0.1) is 20.4 Å². The quantitative estimate of drug-likeness (QED) is 0.561. The number of amides is 1. The van der Waals surface area contributed by atoms with Crippen molar-refractivity contribution in [2.24, 2.45) is 5.16 Å². The van der Waals surface area contributed by atoms with Crippen molar-refractivity contribution in [2.75, 3.05) is 20.8 Å². The predicted octanol–water partition coefficient (Wildman–Crippen LogP) is 2.36. The second-order valence-electron chi connectivity index (χ2n) is 4.70. The Morgan fingerprint density at radius 2 is 2.00 bits per heavy atom. The van der Waals surface area contributed by atoms with Crippen LogP contribution in [0.25, 0.3) is 0 Å². The highest BCUT2D eigenvalue weighted by Crippen LogP contribution is 2.22. The fourth-order valence-corrected chi connectivity index (χ4v) is 1.89. The van der Waals surface area contributed by atoms with Crippen LogP contribution in [-0.4, -0.2) is 39.0 Å². The minimum atomic E-state index is -0.177. The maximum Gasteiger partial charge on any atom is 0.260 e. The summed E-state index contributed by atoms with van der Waals surface area (Å²) < 4.78 is 10.4. The van der Waals surface area contributed by atoms with E-state index in [0.29, 0.717) is 17.1 Å². The molecule has 1 rings (SSSR count). The van der Waals surface area contributed by atoms with Crippen LogP contribution in [-0.2, 0) is 9.63 Å². The van der Waals surface area contributed by atoms with Gasteiger partial charge in [-0.2, -0.15) is 0 Å². The molecule has 0 unspecified atom stereocenters. The van der Waals surface area contributed by atoms with Crippen LogP contribution >= 0.6 is 0 Å². The SMILES string of the molecule is CCC(CC)NC(=O)CO/N=C\c1cc(OC)ccc1OC. The van der Waals surface area contributed by atoms with Gasteiger partial charge < -0.3 is 19.6 Å². The van der Waals surface area contributed by atoms with E-state index in [1.807, 2.05) is 13.8 Å². The van der Waals surface area contributed by atoms with E-state index in [9.17, 15) is 4.79 Å². The average Bonchev–Trinajstić information content (AvgIpc) is 2.56. The Hall–Kier alpha value is -2.24. The molecule has 1 aromatic carbocycles. The van der Waals surface area contributed by atoms with Crippen molar-refractivity contribution in [3.05, 3.63) is 23.8 Å². The van der Waals surface area contributed by atoms with Gasteiger partial charge in [-0.3, -0.25) is 4.79 Å². The monoisotopic (exact) mass is 308 g/mol. The smallest absolute Gasteiger partial charge is 0.260 e. The van der Waals surface area contributed by atoms with Crippen molar-refractivity contribution in [2.45, 2.75) is 32.7 Å². The number of carbonyl (C=O) groups is 1. The van der Waals surface area contributed by atoms with Crippen LogP contribution in [0.4, 0.5) is 0 Å². The van der Waals surface area contributed by atoms with Gasteiger partial charge in [0, 0.05) is 11.6 Å². The van der Waals surface area contributed by atoms with Gasteiger partial charge in [-0.15, -0.1) is 0 Å². The molecule has 0 saturated carbocycles. The summed E-state index contributed by atoms with van der Waals surface area (Å²) in [5.41, 5.74) is 0.710. The number of nitrogens with zero attached hydrogens (tertiary/aromatic N) is 1. The van der Waals surface area contributed by atoms with Gasteiger partial charge in [-0.1, -0.05) is 19.0 Å². The Balaban J connectivity index is 2.53. The first-order chi connectivity index (χ1) is 10.6. The second-order valence-corrected chi connectivity index (χ2v) is 4.70. The highest BCUT2D eigenvalue weighted by Gasteiger charge is 2.08. The third kappa shape index (κ3) is 5.63. The molecule has 1 aromatic rings. The first kappa shape index (κ1) is 17.8. The van der Waals surface area contributed by atoms with Crippen LogP contribution in [0.15, 0.2) is 23.4 Å². The zero-order chi connectivity index (χ0) is 16.4. The molecule has 122 valence electrons. The molecule has 0 fully saturated rings. The lowest BCUT2D eigenvalue weighted by atomic mass is 10.2.